The number of benzene rings is 1. The van der Waals surface area contributed by atoms with E-state index in [0.29, 0.717) is 5.56 Å². The molecule has 6 heteroatoms. The normalized spacial score (nSPS) is 12.7. The molecular weight excluding hydrogens is 278 g/mol. The van der Waals surface area contributed by atoms with Crippen LogP contribution in [0.1, 0.15) is 38.1 Å². The van der Waals surface area contributed by atoms with E-state index in [1.165, 1.54) is 23.4 Å². The van der Waals surface area contributed by atoms with E-state index in [9.17, 15) is 18.3 Å². The van der Waals surface area contributed by atoms with Crippen molar-refractivity contribution in [3.8, 4) is 0 Å². The van der Waals surface area contributed by atoms with Crippen LogP contribution >= 0.6 is 0 Å². The van der Waals surface area contributed by atoms with Gasteiger partial charge in [-0.2, -0.15) is 4.31 Å². The van der Waals surface area contributed by atoms with E-state index in [1.807, 2.05) is 0 Å². The number of ketones is 1. The van der Waals surface area contributed by atoms with Gasteiger partial charge < -0.3 is 5.11 Å². The first-order valence-corrected chi connectivity index (χ1v) is 7.85. The predicted molar refractivity (Wildman–Crippen MR) is 77.2 cm³/mol. The molecule has 1 aromatic carbocycles. The molecule has 0 saturated heterocycles. The van der Waals surface area contributed by atoms with Crippen LogP contribution in [0.3, 0.4) is 0 Å². The number of likely N-dealkylation sites (N-methyl/N-ethyl adjacent to an activating group) is 1. The molecular formula is C14H21NO4S. The molecule has 1 N–H and O–H groups in total. The Labute approximate surface area is 120 Å². The van der Waals surface area contributed by atoms with Crippen molar-refractivity contribution in [2.75, 3.05) is 13.1 Å². The molecule has 0 saturated carbocycles. The van der Waals surface area contributed by atoms with Gasteiger partial charge in [0.25, 0.3) is 0 Å². The van der Waals surface area contributed by atoms with E-state index in [2.05, 4.69) is 0 Å². The summed E-state index contributed by atoms with van der Waals surface area (Å²) in [6, 6.07) is 5.94. The van der Waals surface area contributed by atoms with Crippen LogP contribution in [0.5, 0.6) is 0 Å². The van der Waals surface area contributed by atoms with Crippen molar-refractivity contribution in [1.29, 1.82) is 0 Å². The summed E-state index contributed by atoms with van der Waals surface area (Å²) >= 11 is 0. The zero-order valence-electron chi connectivity index (χ0n) is 12.3. The largest absolute Gasteiger partial charge is 0.389 e. The highest BCUT2D eigenvalue weighted by Crippen LogP contribution is 2.19. The van der Waals surface area contributed by atoms with E-state index < -0.39 is 15.6 Å². The first-order valence-electron chi connectivity index (χ1n) is 6.41. The summed E-state index contributed by atoms with van der Waals surface area (Å²) in [5.41, 5.74) is -0.772. The maximum Gasteiger partial charge on any atom is 0.243 e. The fraction of sp³-hybridized carbons (Fsp3) is 0.500. The maximum atomic E-state index is 12.5. The van der Waals surface area contributed by atoms with E-state index >= 15 is 0 Å². The number of Topliss-reactive ketones (excluding diaryl/α,β-unsaturated/α-hetero) is 1. The van der Waals surface area contributed by atoms with Crippen LogP contribution < -0.4 is 0 Å². The third kappa shape index (κ3) is 4.13. The lowest BCUT2D eigenvalue weighted by Crippen LogP contribution is -2.42. The van der Waals surface area contributed by atoms with Crippen LogP contribution in [0.2, 0.25) is 0 Å². The topological polar surface area (TPSA) is 74.7 Å². The molecule has 0 aliphatic carbocycles. The molecule has 112 valence electrons. The van der Waals surface area contributed by atoms with Gasteiger partial charge in [-0.1, -0.05) is 19.1 Å². The third-order valence-corrected chi connectivity index (χ3v) is 4.71. The Kier molecular flexibility index (Phi) is 5.07. The predicted octanol–water partition coefficient (Wildman–Crippen LogP) is 1.67. The number of aliphatic hydroxyl groups is 1. The second kappa shape index (κ2) is 6.03. The number of hydrogen-bond donors (Lipinski definition) is 1. The molecule has 0 spiro atoms. The van der Waals surface area contributed by atoms with Crippen molar-refractivity contribution in [1.82, 2.24) is 4.31 Å². The zero-order chi connectivity index (χ0) is 15.6. The molecule has 5 nitrogen and oxygen atoms in total. The zero-order valence-corrected chi connectivity index (χ0v) is 13.1. The first kappa shape index (κ1) is 16.8. The van der Waals surface area contributed by atoms with Gasteiger partial charge in [-0.15, -0.1) is 0 Å². The van der Waals surface area contributed by atoms with Gasteiger partial charge in [0, 0.05) is 18.7 Å². The fourth-order valence-electron chi connectivity index (χ4n) is 1.82. The highest BCUT2D eigenvalue weighted by Gasteiger charge is 2.28. The molecule has 0 amide bonds. The Morgan fingerprint density at radius 2 is 1.95 bits per heavy atom. The van der Waals surface area contributed by atoms with Crippen molar-refractivity contribution in [2.45, 2.75) is 38.2 Å². The molecule has 0 fully saturated rings. The minimum atomic E-state index is -3.72. The second-order valence-electron chi connectivity index (χ2n) is 5.33. The van der Waals surface area contributed by atoms with Crippen LogP contribution in [0, 0.1) is 0 Å². The fourth-order valence-corrected chi connectivity index (χ4v) is 3.47. The quantitative estimate of drug-likeness (QED) is 0.811. The standard InChI is InChI=1S/C14H21NO4S/c1-5-15(10-14(3,4)17)20(18,19)13-8-6-7-12(9-13)11(2)16/h6-9,17H,5,10H2,1-4H3. The summed E-state index contributed by atoms with van der Waals surface area (Å²) < 4.78 is 26.2. The molecule has 1 aromatic rings. The minimum Gasteiger partial charge on any atom is -0.389 e. The van der Waals surface area contributed by atoms with Gasteiger partial charge in [0.2, 0.25) is 10.0 Å². The molecule has 0 heterocycles. The lowest BCUT2D eigenvalue weighted by Gasteiger charge is -2.27. The van der Waals surface area contributed by atoms with E-state index in [0.717, 1.165) is 0 Å². The lowest BCUT2D eigenvalue weighted by atomic mass is 10.1. The molecule has 0 aliphatic heterocycles. The van der Waals surface area contributed by atoms with Crippen LogP contribution in [-0.4, -0.2) is 42.3 Å². The Morgan fingerprint density at radius 1 is 1.35 bits per heavy atom. The van der Waals surface area contributed by atoms with E-state index in [4.69, 9.17) is 0 Å². The van der Waals surface area contributed by atoms with Gasteiger partial charge in [0.05, 0.1) is 10.5 Å². The summed E-state index contributed by atoms with van der Waals surface area (Å²) in [6.45, 7) is 6.44. The SMILES string of the molecule is CCN(CC(C)(C)O)S(=O)(=O)c1cccc(C(C)=O)c1. The third-order valence-electron chi connectivity index (χ3n) is 2.79. The molecule has 0 unspecified atom stereocenters. The number of nitrogens with zero attached hydrogens (tertiary/aromatic N) is 1. The first-order chi connectivity index (χ1) is 9.08. The highest BCUT2D eigenvalue weighted by atomic mass is 32.2. The van der Waals surface area contributed by atoms with Crippen LogP contribution in [0.25, 0.3) is 0 Å². The molecule has 0 radical (unpaired) electrons. The highest BCUT2D eigenvalue weighted by molar-refractivity contribution is 7.89. The smallest absolute Gasteiger partial charge is 0.243 e. The lowest BCUT2D eigenvalue weighted by molar-refractivity contribution is 0.0601. The summed E-state index contributed by atoms with van der Waals surface area (Å²) in [5, 5.41) is 9.81. The van der Waals surface area contributed by atoms with Crippen molar-refractivity contribution in [2.24, 2.45) is 0 Å². The minimum absolute atomic E-state index is 0.00384. The van der Waals surface area contributed by atoms with Crippen molar-refractivity contribution >= 4 is 15.8 Å². The van der Waals surface area contributed by atoms with Crippen molar-refractivity contribution < 1.29 is 18.3 Å². The van der Waals surface area contributed by atoms with Gasteiger partial charge >= 0.3 is 0 Å². The number of rotatable bonds is 6. The molecule has 0 aromatic heterocycles. The maximum absolute atomic E-state index is 12.5. The number of sulfonamides is 1. The van der Waals surface area contributed by atoms with Gasteiger partial charge in [0.1, 0.15) is 0 Å². The monoisotopic (exact) mass is 299 g/mol. The van der Waals surface area contributed by atoms with Crippen LogP contribution in [-0.2, 0) is 10.0 Å². The Morgan fingerprint density at radius 3 is 2.40 bits per heavy atom. The molecule has 0 aliphatic rings. The molecule has 1 rings (SSSR count). The average Bonchev–Trinajstić information content (AvgIpc) is 2.34. The number of carbonyl (C=O) groups excluding carboxylic acids is 1. The second-order valence-corrected chi connectivity index (χ2v) is 7.27. The number of hydrogen-bond acceptors (Lipinski definition) is 4. The van der Waals surface area contributed by atoms with Crippen LogP contribution in [0.4, 0.5) is 0 Å². The summed E-state index contributed by atoms with van der Waals surface area (Å²) in [4.78, 5) is 11.4. The van der Waals surface area contributed by atoms with Gasteiger partial charge in [-0.3, -0.25) is 4.79 Å². The molecule has 20 heavy (non-hydrogen) atoms. The summed E-state index contributed by atoms with van der Waals surface area (Å²) in [5.74, 6) is -0.187. The summed E-state index contributed by atoms with van der Waals surface area (Å²) in [6.07, 6.45) is 0. The van der Waals surface area contributed by atoms with Crippen molar-refractivity contribution in [3.05, 3.63) is 29.8 Å². The Hall–Kier alpha value is -1.24. The van der Waals surface area contributed by atoms with Gasteiger partial charge in [-0.05, 0) is 32.9 Å². The van der Waals surface area contributed by atoms with Crippen molar-refractivity contribution in [3.63, 3.8) is 0 Å². The Balaban J connectivity index is 3.20. The molecule has 0 atom stereocenters. The van der Waals surface area contributed by atoms with Gasteiger partial charge in [-0.25, -0.2) is 8.42 Å². The summed E-state index contributed by atoms with van der Waals surface area (Å²) in [7, 11) is -3.72. The number of carbonyl (C=O) groups is 1. The van der Waals surface area contributed by atoms with E-state index in [1.54, 1.807) is 32.9 Å². The van der Waals surface area contributed by atoms with E-state index in [-0.39, 0.29) is 23.8 Å². The van der Waals surface area contributed by atoms with Gasteiger partial charge in [0.15, 0.2) is 5.78 Å². The average molecular weight is 299 g/mol. The molecule has 0 bridgehead atoms. The Bertz CT molecular complexity index is 587. The van der Waals surface area contributed by atoms with Crippen LogP contribution in [0.15, 0.2) is 29.2 Å².